The van der Waals surface area contributed by atoms with E-state index in [1.807, 2.05) is 54.6 Å². The molecular formula is C35H25N2O2P. The molecule has 0 saturated carbocycles. The van der Waals surface area contributed by atoms with E-state index >= 15 is 0 Å². The van der Waals surface area contributed by atoms with E-state index in [1.54, 1.807) is 6.07 Å². The van der Waals surface area contributed by atoms with Gasteiger partial charge in [-0.25, -0.2) is 9.79 Å². The molecule has 2 heterocycles. The number of hydrogen-bond acceptors (Lipinski definition) is 3. The van der Waals surface area contributed by atoms with Crippen LogP contribution in [0.25, 0.3) is 16.7 Å². The predicted molar refractivity (Wildman–Crippen MR) is 164 cm³/mol. The third kappa shape index (κ3) is 4.02. The van der Waals surface area contributed by atoms with Crippen molar-refractivity contribution in [1.82, 2.24) is 4.57 Å². The Kier molecular flexibility index (Phi) is 6.03. The summed E-state index contributed by atoms with van der Waals surface area (Å²) in [5.74, 6) is 0. The quantitative estimate of drug-likeness (QED) is 0.194. The van der Waals surface area contributed by atoms with Gasteiger partial charge in [-0.2, -0.15) is 0 Å². The van der Waals surface area contributed by atoms with Gasteiger partial charge in [-0.3, -0.25) is 4.57 Å². The fourth-order valence-electron chi connectivity index (χ4n) is 5.45. The largest absolute Gasteiger partial charge is 0.423 e. The lowest BCUT2D eigenvalue weighted by molar-refractivity contribution is 0.560. The van der Waals surface area contributed by atoms with Gasteiger partial charge < -0.3 is 4.42 Å². The van der Waals surface area contributed by atoms with Gasteiger partial charge >= 0.3 is 5.63 Å². The molecule has 0 radical (unpaired) electrons. The lowest BCUT2D eigenvalue weighted by Crippen LogP contribution is -2.25. The van der Waals surface area contributed by atoms with Crippen molar-refractivity contribution in [3.05, 3.63) is 173 Å². The van der Waals surface area contributed by atoms with Crippen LogP contribution in [0.2, 0.25) is 0 Å². The van der Waals surface area contributed by atoms with Crippen LogP contribution in [-0.4, -0.2) is 4.57 Å². The van der Waals surface area contributed by atoms with E-state index < -0.39 is 6.89 Å². The molecule has 0 N–H and O–H groups in total. The number of benzene rings is 5. The molecule has 192 valence electrons. The zero-order valence-electron chi connectivity index (χ0n) is 21.6. The minimum absolute atomic E-state index is 0.387. The van der Waals surface area contributed by atoms with Crippen LogP contribution >= 0.6 is 6.89 Å². The average molecular weight is 537 g/mol. The standard InChI is InChI=1S/C35H25N2O2P/c38-33-25-31(30-23-13-14-24-32(30)39-33)37-34(36-26-15-5-1-6-16-26)35(37)40(27-17-7-2-8-18-27,28-19-9-3-10-20-28)29-21-11-4-12-22-29/h1-25H. The highest BCUT2D eigenvalue weighted by atomic mass is 31.2. The first-order valence-corrected chi connectivity index (χ1v) is 15.0. The summed E-state index contributed by atoms with van der Waals surface area (Å²) in [4.78, 5) is 18.0. The number of aromatic nitrogens is 1. The van der Waals surface area contributed by atoms with Gasteiger partial charge in [-0.15, -0.1) is 0 Å². The van der Waals surface area contributed by atoms with Gasteiger partial charge in [0.25, 0.3) is 0 Å². The smallest absolute Gasteiger partial charge is 0.338 e. The number of fused-ring (bicyclic) bond motifs is 1. The van der Waals surface area contributed by atoms with Gasteiger partial charge in [0.15, 0.2) is 5.49 Å². The van der Waals surface area contributed by atoms with Crippen LogP contribution in [0, 0.1) is 5.07 Å². The molecule has 0 amide bonds. The van der Waals surface area contributed by atoms with E-state index in [2.05, 4.69) is 95.6 Å². The minimum Gasteiger partial charge on any atom is -0.423 e. The molecule has 0 atom stereocenters. The molecule has 40 heavy (non-hydrogen) atoms. The highest BCUT2D eigenvalue weighted by Crippen LogP contribution is 2.48. The van der Waals surface area contributed by atoms with Crippen LogP contribution < -0.4 is 27.0 Å². The Bertz CT molecular complexity index is 2020. The lowest BCUT2D eigenvalue weighted by Gasteiger charge is -2.26. The summed E-state index contributed by atoms with van der Waals surface area (Å²) in [6.07, 6.45) is 0. The fraction of sp³-hybridized carbons (Fsp3) is 0. The Labute approximate surface area is 231 Å². The number of nitrogens with zero attached hydrogens (tertiary/aromatic N) is 2. The third-order valence-corrected chi connectivity index (χ3v) is 11.4. The van der Waals surface area contributed by atoms with Crippen molar-refractivity contribution in [2.24, 2.45) is 4.99 Å². The monoisotopic (exact) mass is 536 g/mol. The molecule has 0 saturated heterocycles. The first kappa shape index (κ1) is 24.1. The predicted octanol–water partition coefficient (Wildman–Crippen LogP) is 6.22. The molecule has 0 fully saturated rings. The first-order valence-electron chi connectivity index (χ1n) is 13.2. The Morgan fingerprint density at radius 2 is 1.05 bits per heavy atom. The van der Waals surface area contributed by atoms with Crippen LogP contribution in [-0.2, 0) is 0 Å². The average Bonchev–Trinajstić information content (AvgIpc) is 3.72. The topological polar surface area (TPSA) is 47.5 Å². The van der Waals surface area contributed by atoms with Crippen LogP contribution in [0.1, 0.15) is 0 Å². The molecule has 0 unspecified atom stereocenters. The van der Waals surface area contributed by atoms with E-state index in [0.29, 0.717) is 5.58 Å². The summed E-state index contributed by atoms with van der Waals surface area (Å²) in [6, 6.07) is 51.3. The summed E-state index contributed by atoms with van der Waals surface area (Å²) in [6.45, 7) is -2.44. The van der Waals surface area contributed by atoms with Gasteiger partial charge in [-0.05, 0) is 40.2 Å². The zero-order valence-corrected chi connectivity index (χ0v) is 22.5. The van der Waals surface area contributed by atoms with Crippen LogP contribution in [0.15, 0.2) is 166 Å². The lowest BCUT2D eigenvalue weighted by atomic mass is 10.2. The van der Waals surface area contributed by atoms with Gasteiger partial charge in [0, 0.05) is 18.3 Å². The maximum absolute atomic E-state index is 12.8. The molecule has 5 heteroatoms. The maximum Gasteiger partial charge on any atom is 0.338 e. The maximum atomic E-state index is 12.8. The summed E-state index contributed by atoms with van der Waals surface area (Å²) >= 11 is 0. The van der Waals surface area contributed by atoms with Gasteiger partial charge in [0.1, 0.15) is 5.58 Å². The Morgan fingerprint density at radius 1 is 0.575 bits per heavy atom. The number of para-hydroxylation sites is 2. The van der Waals surface area contributed by atoms with Crippen molar-refractivity contribution < 1.29 is 4.42 Å². The third-order valence-electron chi connectivity index (χ3n) is 7.18. The fourth-order valence-corrected chi connectivity index (χ4v) is 9.84. The summed E-state index contributed by atoms with van der Waals surface area (Å²) < 4.78 is 7.76. The Balaban J connectivity index is 1.77. The van der Waals surface area contributed by atoms with Crippen molar-refractivity contribution in [3.63, 3.8) is 0 Å². The van der Waals surface area contributed by atoms with Crippen molar-refractivity contribution in [2.75, 3.05) is 0 Å². The minimum atomic E-state index is -2.44. The van der Waals surface area contributed by atoms with Gasteiger partial charge in [0.05, 0.1) is 16.4 Å². The van der Waals surface area contributed by atoms with Crippen LogP contribution in [0.5, 0.6) is 0 Å². The van der Waals surface area contributed by atoms with Crippen molar-refractivity contribution in [3.8, 4) is 5.69 Å². The van der Waals surface area contributed by atoms with Crippen LogP contribution in [0.3, 0.4) is 0 Å². The summed E-state index contributed by atoms with van der Waals surface area (Å²) in [5.41, 5.74) is 2.66. The van der Waals surface area contributed by atoms with Crippen molar-refractivity contribution in [1.29, 1.82) is 0 Å². The van der Waals surface area contributed by atoms with E-state index in [4.69, 9.17) is 9.41 Å². The molecule has 0 aliphatic heterocycles. The molecule has 5 aromatic carbocycles. The molecule has 0 spiro atoms. The van der Waals surface area contributed by atoms with Gasteiger partial charge in [0.2, 0.25) is 0 Å². The number of hydrogen-bond donors (Lipinski definition) is 0. The molecule has 4 nitrogen and oxygen atoms in total. The second-order valence-electron chi connectivity index (χ2n) is 9.55. The van der Waals surface area contributed by atoms with Gasteiger partial charge in [-0.1, -0.05) is 121 Å². The second kappa shape index (κ2) is 10.00. The Morgan fingerprint density at radius 3 is 1.60 bits per heavy atom. The molecule has 2 aromatic heterocycles. The van der Waals surface area contributed by atoms with E-state index in [9.17, 15) is 4.79 Å². The van der Waals surface area contributed by atoms with Crippen molar-refractivity contribution >= 4 is 39.5 Å². The molecular weight excluding hydrogens is 511 g/mol. The normalized spacial score (nSPS) is 12.2. The Hall–Kier alpha value is -4.92. The van der Waals surface area contributed by atoms with E-state index in [1.165, 1.54) is 15.9 Å². The zero-order chi connectivity index (χ0) is 26.9. The second-order valence-corrected chi connectivity index (χ2v) is 12.9. The highest BCUT2D eigenvalue weighted by Gasteiger charge is 2.33. The van der Waals surface area contributed by atoms with E-state index in [0.717, 1.165) is 27.3 Å². The van der Waals surface area contributed by atoms with Crippen LogP contribution in [0.4, 0.5) is 5.69 Å². The first-order chi connectivity index (χ1) is 19.8. The molecule has 0 aliphatic rings. The highest BCUT2D eigenvalue weighted by molar-refractivity contribution is 7.89. The number of rotatable bonds is 5. The molecule has 0 bridgehead atoms. The molecule has 0 aliphatic carbocycles. The summed E-state index contributed by atoms with van der Waals surface area (Å²) in [5, 5.41) is 5.63. The molecule has 7 rings (SSSR count). The SMILES string of the molecule is O=c1cc(-n2c(=Nc3ccccc3)c2=P(c2ccccc2)(c2ccccc2)c2ccccc2)c2ccccc2o1. The van der Waals surface area contributed by atoms with Crippen molar-refractivity contribution in [2.45, 2.75) is 0 Å². The van der Waals surface area contributed by atoms with E-state index in [-0.39, 0.29) is 5.63 Å². The molecule has 7 aromatic rings. The summed E-state index contributed by atoms with van der Waals surface area (Å²) in [7, 11) is 0.